The van der Waals surface area contributed by atoms with Gasteiger partial charge in [-0.15, -0.1) is 0 Å². The Hall–Kier alpha value is -3.48. The minimum absolute atomic E-state index is 0.0483. The summed E-state index contributed by atoms with van der Waals surface area (Å²) in [5.74, 6) is 1.17. The summed E-state index contributed by atoms with van der Waals surface area (Å²) in [6, 6.07) is 14.6. The van der Waals surface area contributed by atoms with Gasteiger partial charge in [-0.05, 0) is 36.8 Å². The Labute approximate surface area is 162 Å². The summed E-state index contributed by atoms with van der Waals surface area (Å²) in [5, 5.41) is 6.61. The van der Waals surface area contributed by atoms with Gasteiger partial charge >= 0.3 is 0 Å². The van der Waals surface area contributed by atoms with Crippen molar-refractivity contribution in [3.05, 3.63) is 65.5 Å². The summed E-state index contributed by atoms with van der Waals surface area (Å²) in [5.41, 5.74) is 2.34. The van der Waals surface area contributed by atoms with E-state index in [1.54, 1.807) is 25.3 Å². The minimum Gasteiger partial charge on any atom is -0.497 e. The Morgan fingerprint density at radius 1 is 1.07 bits per heavy atom. The molecule has 1 N–H and O–H groups in total. The third kappa shape index (κ3) is 4.82. The zero-order chi connectivity index (χ0) is 19.9. The molecule has 0 saturated heterocycles. The number of carbonyl (C=O) groups excluding carboxylic acids is 2. The number of nitrogens with one attached hydrogen (secondary N) is 1. The molecule has 3 rings (SSSR count). The van der Waals surface area contributed by atoms with Gasteiger partial charge in [-0.3, -0.25) is 9.59 Å². The summed E-state index contributed by atoms with van der Waals surface area (Å²) < 4.78 is 10.3. The number of ether oxygens (including phenoxy) is 1. The number of rotatable bonds is 8. The molecule has 1 amide bonds. The number of hydrogen-bond acceptors (Lipinski definition) is 6. The fourth-order valence-electron chi connectivity index (χ4n) is 2.69. The SMILES string of the molecule is COc1ccc(-c2noc(CNC(=O)CCC(=O)c3ccccc3C)n2)cc1. The first kappa shape index (κ1) is 19.3. The fraction of sp³-hybridized carbons (Fsp3) is 0.238. The van der Waals surface area contributed by atoms with Crippen molar-refractivity contribution in [3.8, 4) is 17.1 Å². The van der Waals surface area contributed by atoms with Gasteiger partial charge in [0.1, 0.15) is 5.75 Å². The number of ketones is 1. The molecule has 3 aromatic rings. The van der Waals surface area contributed by atoms with Gasteiger partial charge in [0.05, 0.1) is 13.7 Å². The number of Topliss-reactive ketones (excluding diaryl/α,β-unsaturated/α-hetero) is 1. The van der Waals surface area contributed by atoms with E-state index in [0.29, 0.717) is 17.3 Å². The molecule has 0 atom stereocenters. The van der Waals surface area contributed by atoms with Crippen LogP contribution >= 0.6 is 0 Å². The van der Waals surface area contributed by atoms with Crippen LogP contribution in [0.1, 0.15) is 34.7 Å². The van der Waals surface area contributed by atoms with Crippen LogP contribution in [0.5, 0.6) is 5.75 Å². The molecule has 144 valence electrons. The Bertz CT molecular complexity index is 964. The van der Waals surface area contributed by atoms with E-state index in [2.05, 4.69) is 15.5 Å². The van der Waals surface area contributed by atoms with Crippen LogP contribution < -0.4 is 10.1 Å². The van der Waals surface area contributed by atoms with Gasteiger partial charge in [0.25, 0.3) is 0 Å². The van der Waals surface area contributed by atoms with Crippen LogP contribution in [0.3, 0.4) is 0 Å². The first-order valence-electron chi connectivity index (χ1n) is 8.89. The molecule has 0 radical (unpaired) electrons. The van der Waals surface area contributed by atoms with Crippen LogP contribution in [0, 0.1) is 6.92 Å². The quantitative estimate of drug-likeness (QED) is 0.603. The summed E-state index contributed by atoms with van der Waals surface area (Å²) >= 11 is 0. The van der Waals surface area contributed by atoms with E-state index in [-0.39, 0.29) is 31.1 Å². The number of carbonyl (C=O) groups is 2. The third-order valence-electron chi connectivity index (χ3n) is 4.28. The molecular formula is C21H21N3O4. The lowest BCUT2D eigenvalue weighted by Gasteiger charge is -2.05. The summed E-state index contributed by atoms with van der Waals surface area (Å²) in [7, 11) is 1.60. The average Bonchev–Trinajstić information content (AvgIpc) is 3.20. The van der Waals surface area contributed by atoms with Crippen LogP contribution in [0.25, 0.3) is 11.4 Å². The molecule has 0 bridgehead atoms. The molecule has 0 spiro atoms. The van der Waals surface area contributed by atoms with E-state index >= 15 is 0 Å². The van der Waals surface area contributed by atoms with Crippen LogP contribution in [0.2, 0.25) is 0 Å². The van der Waals surface area contributed by atoms with Gasteiger partial charge in [0.15, 0.2) is 5.78 Å². The second kappa shape index (κ2) is 8.94. The Balaban J connectivity index is 1.49. The monoisotopic (exact) mass is 379 g/mol. The first-order chi connectivity index (χ1) is 13.6. The van der Waals surface area contributed by atoms with Crippen LogP contribution in [0.4, 0.5) is 0 Å². The Kier molecular flexibility index (Phi) is 6.16. The molecule has 1 aromatic heterocycles. The maximum Gasteiger partial charge on any atom is 0.246 e. The van der Waals surface area contributed by atoms with Crippen molar-refractivity contribution >= 4 is 11.7 Å². The molecule has 0 unspecified atom stereocenters. The van der Waals surface area contributed by atoms with E-state index in [1.807, 2.05) is 37.3 Å². The molecule has 0 fully saturated rings. The Morgan fingerprint density at radius 2 is 1.82 bits per heavy atom. The van der Waals surface area contributed by atoms with E-state index in [9.17, 15) is 9.59 Å². The van der Waals surface area contributed by atoms with Gasteiger partial charge in [-0.2, -0.15) is 4.98 Å². The second-order valence-corrected chi connectivity index (χ2v) is 6.26. The topological polar surface area (TPSA) is 94.3 Å². The number of nitrogens with zero attached hydrogens (tertiary/aromatic N) is 2. The molecule has 0 aliphatic carbocycles. The number of aryl methyl sites for hydroxylation is 1. The van der Waals surface area contributed by atoms with Crippen molar-refractivity contribution in [1.82, 2.24) is 15.5 Å². The van der Waals surface area contributed by atoms with Crippen molar-refractivity contribution in [2.45, 2.75) is 26.3 Å². The van der Waals surface area contributed by atoms with E-state index < -0.39 is 0 Å². The van der Waals surface area contributed by atoms with E-state index in [0.717, 1.165) is 16.9 Å². The van der Waals surface area contributed by atoms with E-state index in [1.165, 1.54) is 0 Å². The molecule has 7 heteroatoms. The van der Waals surface area contributed by atoms with Crippen molar-refractivity contribution in [2.24, 2.45) is 0 Å². The first-order valence-corrected chi connectivity index (χ1v) is 8.89. The minimum atomic E-state index is -0.244. The molecular weight excluding hydrogens is 358 g/mol. The van der Waals surface area contributed by atoms with Crippen LogP contribution in [-0.4, -0.2) is 28.9 Å². The summed E-state index contributed by atoms with van der Waals surface area (Å²) in [4.78, 5) is 28.5. The highest BCUT2D eigenvalue weighted by molar-refractivity contribution is 5.99. The van der Waals surface area contributed by atoms with Gasteiger partial charge in [0, 0.05) is 24.0 Å². The van der Waals surface area contributed by atoms with Gasteiger partial charge < -0.3 is 14.6 Å². The lowest BCUT2D eigenvalue weighted by molar-refractivity contribution is -0.121. The lowest BCUT2D eigenvalue weighted by Crippen LogP contribution is -2.23. The maximum absolute atomic E-state index is 12.2. The number of amides is 1. The lowest BCUT2D eigenvalue weighted by atomic mass is 10.0. The smallest absolute Gasteiger partial charge is 0.246 e. The molecule has 28 heavy (non-hydrogen) atoms. The highest BCUT2D eigenvalue weighted by atomic mass is 16.5. The predicted octanol–water partition coefficient (Wildman–Crippen LogP) is 3.33. The molecule has 7 nitrogen and oxygen atoms in total. The zero-order valence-electron chi connectivity index (χ0n) is 15.8. The molecule has 1 heterocycles. The average molecular weight is 379 g/mol. The van der Waals surface area contributed by atoms with Crippen LogP contribution in [-0.2, 0) is 11.3 Å². The van der Waals surface area contributed by atoms with E-state index in [4.69, 9.17) is 9.26 Å². The predicted molar refractivity (Wildman–Crippen MR) is 103 cm³/mol. The van der Waals surface area contributed by atoms with Crippen molar-refractivity contribution in [2.75, 3.05) is 7.11 Å². The largest absolute Gasteiger partial charge is 0.497 e. The van der Waals surface area contributed by atoms with Gasteiger partial charge in [-0.1, -0.05) is 29.4 Å². The summed E-state index contributed by atoms with van der Waals surface area (Å²) in [6.07, 6.45) is 0.254. The van der Waals surface area contributed by atoms with Crippen molar-refractivity contribution in [1.29, 1.82) is 0 Å². The van der Waals surface area contributed by atoms with Crippen molar-refractivity contribution < 1.29 is 18.8 Å². The highest BCUT2D eigenvalue weighted by Crippen LogP contribution is 2.19. The second-order valence-electron chi connectivity index (χ2n) is 6.26. The molecule has 2 aromatic carbocycles. The highest BCUT2D eigenvalue weighted by Gasteiger charge is 2.13. The fourth-order valence-corrected chi connectivity index (χ4v) is 2.69. The number of benzene rings is 2. The number of hydrogen-bond donors (Lipinski definition) is 1. The van der Waals surface area contributed by atoms with Gasteiger partial charge in [0.2, 0.25) is 17.6 Å². The van der Waals surface area contributed by atoms with Crippen molar-refractivity contribution in [3.63, 3.8) is 0 Å². The van der Waals surface area contributed by atoms with Gasteiger partial charge in [-0.25, -0.2) is 0 Å². The number of aromatic nitrogens is 2. The molecule has 0 aliphatic rings. The maximum atomic E-state index is 12.2. The number of methoxy groups -OCH3 is 1. The normalized spacial score (nSPS) is 10.5. The molecule has 0 saturated carbocycles. The molecule has 0 aliphatic heterocycles. The zero-order valence-corrected chi connectivity index (χ0v) is 15.8. The standard InChI is InChI=1S/C21H21N3O4/c1-14-5-3-4-6-17(14)18(25)11-12-19(26)22-13-20-23-21(24-28-20)15-7-9-16(27-2)10-8-15/h3-10H,11-13H2,1-2H3,(H,22,26). The Morgan fingerprint density at radius 3 is 2.54 bits per heavy atom. The van der Waals surface area contributed by atoms with Crippen LogP contribution in [0.15, 0.2) is 53.1 Å². The summed E-state index contributed by atoms with van der Waals surface area (Å²) in [6.45, 7) is 1.99. The third-order valence-corrected chi connectivity index (χ3v) is 4.28.